The van der Waals surface area contributed by atoms with E-state index in [-0.39, 0.29) is 23.9 Å². The van der Waals surface area contributed by atoms with Crippen molar-refractivity contribution in [3.63, 3.8) is 0 Å². The number of nitrogens with one attached hydrogen (secondary N) is 1. The minimum Gasteiger partial charge on any atom is -0.396 e. The topological polar surface area (TPSA) is 32.3 Å². The van der Waals surface area contributed by atoms with Crippen molar-refractivity contribution in [2.45, 2.75) is 38.1 Å². The second kappa shape index (κ2) is 4.63. The van der Waals surface area contributed by atoms with Crippen LogP contribution in [0.3, 0.4) is 0 Å². The van der Waals surface area contributed by atoms with Crippen LogP contribution in [0.2, 0.25) is 0 Å². The molecule has 1 atom stereocenters. The molecule has 1 unspecified atom stereocenters. The van der Waals surface area contributed by atoms with E-state index in [4.69, 9.17) is 0 Å². The maximum atomic E-state index is 13.4. The number of aliphatic hydroxyl groups excluding tert-OH is 1. The molecule has 2 N–H and O–H groups in total. The van der Waals surface area contributed by atoms with Crippen LogP contribution < -0.4 is 5.32 Å². The summed E-state index contributed by atoms with van der Waals surface area (Å²) < 4.78 is 13.4. The van der Waals surface area contributed by atoms with Gasteiger partial charge in [-0.1, -0.05) is 6.07 Å². The van der Waals surface area contributed by atoms with E-state index < -0.39 is 0 Å². The van der Waals surface area contributed by atoms with Gasteiger partial charge in [0.2, 0.25) is 0 Å². The molecular formula is C15H20FNO. The van der Waals surface area contributed by atoms with Crippen molar-refractivity contribution in [3.05, 3.63) is 35.1 Å². The summed E-state index contributed by atoms with van der Waals surface area (Å²) in [4.78, 5) is 0. The van der Waals surface area contributed by atoms with Crippen LogP contribution in [-0.4, -0.2) is 18.3 Å². The van der Waals surface area contributed by atoms with Crippen LogP contribution in [-0.2, 0) is 6.42 Å². The molecule has 0 amide bonds. The highest BCUT2D eigenvalue weighted by atomic mass is 19.1. The quantitative estimate of drug-likeness (QED) is 0.859. The molecule has 3 heteroatoms. The monoisotopic (exact) mass is 249 g/mol. The number of fused-ring (bicyclic) bond motifs is 1. The van der Waals surface area contributed by atoms with Crippen molar-refractivity contribution in [3.8, 4) is 0 Å². The van der Waals surface area contributed by atoms with Crippen LogP contribution in [0.15, 0.2) is 18.2 Å². The van der Waals surface area contributed by atoms with Crippen molar-refractivity contribution in [2.75, 3.05) is 13.2 Å². The summed E-state index contributed by atoms with van der Waals surface area (Å²) in [6.07, 6.45) is 5.50. The standard InChI is InChI=1S/C15H20FNO/c16-12-5-4-11-2-1-3-14(13(11)8-12)17-9-15(10-18)6-7-15/h4-5,8,14,17-18H,1-3,6-7,9-10H2. The van der Waals surface area contributed by atoms with Gasteiger partial charge in [-0.05, 0) is 55.4 Å². The third-order valence-electron chi connectivity index (χ3n) is 4.44. The Hall–Kier alpha value is -0.930. The van der Waals surface area contributed by atoms with Crippen molar-refractivity contribution >= 4 is 0 Å². The zero-order chi connectivity index (χ0) is 12.6. The van der Waals surface area contributed by atoms with Gasteiger partial charge in [0.05, 0.1) is 0 Å². The Balaban J connectivity index is 1.72. The number of hydrogen-bond acceptors (Lipinski definition) is 2. The smallest absolute Gasteiger partial charge is 0.123 e. The van der Waals surface area contributed by atoms with Gasteiger partial charge >= 0.3 is 0 Å². The third kappa shape index (κ3) is 2.29. The number of hydrogen-bond donors (Lipinski definition) is 2. The molecule has 0 spiro atoms. The van der Waals surface area contributed by atoms with Gasteiger partial charge in [-0.15, -0.1) is 0 Å². The van der Waals surface area contributed by atoms with E-state index in [0.29, 0.717) is 0 Å². The van der Waals surface area contributed by atoms with Crippen molar-refractivity contribution in [1.82, 2.24) is 5.32 Å². The van der Waals surface area contributed by atoms with Gasteiger partial charge in [0.1, 0.15) is 5.82 Å². The SMILES string of the molecule is OCC1(CNC2CCCc3ccc(F)cc32)CC1. The number of benzene rings is 1. The zero-order valence-corrected chi connectivity index (χ0v) is 10.6. The van der Waals surface area contributed by atoms with Gasteiger partial charge in [0.25, 0.3) is 0 Å². The Bertz CT molecular complexity index is 442. The van der Waals surface area contributed by atoms with Gasteiger partial charge in [-0.25, -0.2) is 4.39 Å². The molecule has 1 fully saturated rings. The predicted molar refractivity (Wildman–Crippen MR) is 68.8 cm³/mol. The summed E-state index contributed by atoms with van der Waals surface area (Å²) in [5, 5.41) is 12.9. The van der Waals surface area contributed by atoms with E-state index in [1.54, 1.807) is 12.1 Å². The summed E-state index contributed by atoms with van der Waals surface area (Å²) >= 11 is 0. The molecule has 2 aliphatic carbocycles. The maximum Gasteiger partial charge on any atom is 0.123 e. The fourth-order valence-corrected chi connectivity index (χ4v) is 2.89. The molecule has 0 radical (unpaired) electrons. The molecule has 18 heavy (non-hydrogen) atoms. The molecule has 0 bridgehead atoms. The van der Waals surface area contributed by atoms with E-state index in [1.807, 2.05) is 6.07 Å². The number of halogens is 1. The van der Waals surface area contributed by atoms with Crippen LogP contribution in [0.4, 0.5) is 4.39 Å². The Morgan fingerprint density at radius 1 is 1.39 bits per heavy atom. The van der Waals surface area contributed by atoms with Crippen molar-refractivity contribution in [1.29, 1.82) is 0 Å². The number of aryl methyl sites for hydroxylation is 1. The Labute approximate surface area is 107 Å². The third-order valence-corrected chi connectivity index (χ3v) is 4.44. The zero-order valence-electron chi connectivity index (χ0n) is 10.6. The Morgan fingerprint density at radius 3 is 2.94 bits per heavy atom. The van der Waals surface area contributed by atoms with Crippen LogP contribution in [0.5, 0.6) is 0 Å². The lowest BCUT2D eigenvalue weighted by Gasteiger charge is -2.28. The normalized spacial score (nSPS) is 24.7. The second-order valence-corrected chi connectivity index (χ2v) is 5.83. The Morgan fingerprint density at radius 2 is 2.22 bits per heavy atom. The first-order valence-corrected chi connectivity index (χ1v) is 6.85. The second-order valence-electron chi connectivity index (χ2n) is 5.83. The fraction of sp³-hybridized carbons (Fsp3) is 0.600. The summed E-state index contributed by atoms with van der Waals surface area (Å²) in [7, 11) is 0. The molecule has 0 saturated heterocycles. The summed E-state index contributed by atoms with van der Waals surface area (Å²) in [6, 6.07) is 5.40. The van der Waals surface area contributed by atoms with Gasteiger partial charge in [-0.2, -0.15) is 0 Å². The van der Waals surface area contributed by atoms with E-state index >= 15 is 0 Å². The van der Waals surface area contributed by atoms with Gasteiger partial charge in [0, 0.05) is 24.6 Å². The molecule has 98 valence electrons. The van der Waals surface area contributed by atoms with Crippen molar-refractivity contribution in [2.24, 2.45) is 5.41 Å². The predicted octanol–water partition coefficient (Wildman–Crippen LogP) is 2.57. The molecule has 0 aromatic heterocycles. The van der Waals surface area contributed by atoms with E-state index in [1.165, 1.54) is 5.56 Å². The molecule has 0 heterocycles. The van der Waals surface area contributed by atoms with E-state index in [2.05, 4.69) is 5.32 Å². The molecule has 2 nitrogen and oxygen atoms in total. The molecule has 1 aromatic carbocycles. The van der Waals surface area contributed by atoms with Gasteiger partial charge in [-0.3, -0.25) is 0 Å². The summed E-state index contributed by atoms with van der Waals surface area (Å²) in [5.74, 6) is -0.147. The van der Waals surface area contributed by atoms with Crippen LogP contribution >= 0.6 is 0 Å². The minimum absolute atomic E-state index is 0.116. The molecular weight excluding hydrogens is 229 g/mol. The van der Waals surface area contributed by atoms with Gasteiger partial charge in [0.15, 0.2) is 0 Å². The van der Waals surface area contributed by atoms with Crippen LogP contribution in [0.1, 0.15) is 42.9 Å². The lowest BCUT2D eigenvalue weighted by molar-refractivity contribution is 0.202. The van der Waals surface area contributed by atoms with E-state index in [9.17, 15) is 9.50 Å². The summed E-state index contributed by atoms with van der Waals surface area (Å²) in [6.45, 7) is 1.12. The Kier molecular flexibility index (Phi) is 3.12. The lowest BCUT2D eigenvalue weighted by Crippen LogP contribution is -2.32. The highest BCUT2D eigenvalue weighted by Crippen LogP contribution is 2.45. The highest BCUT2D eigenvalue weighted by Gasteiger charge is 2.42. The molecule has 1 saturated carbocycles. The highest BCUT2D eigenvalue weighted by molar-refractivity contribution is 5.32. The van der Waals surface area contributed by atoms with Gasteiger partial charge < -0.3 is 10.4 Å². The average Bonchev–Trinajstić information content (AvgIpc) is 3.17. The maximum absolute atomic E-state index is 13.4. The van der Waals surface area contributed by atoms with Crippen molar-refractivity contribution < 1.29 is 9.50 Å². The first-order chi connectivity index (χ1) is 8.72. The van der Waals surface area contributed by atoms with E-state index in [0.717, 1.165) is 44.2 Å². The number of rotatable bonds is 4. The van der Waals surface area contributed by atoms with Crippen LogP contribution in [0.25, 0.3) is 0 Å². The average molecular weight is 249 g/mol. The molecule has 1 aromatic rings. The number of aliphatic hydroxyl groups is 1. The van der Waals surface area contributed by atoms with Crippen LogP contribution in [0, 0.1) is 11.2 Å². The molecule has 3 rings (SSSR count). The molecule has 2 aliphatic rings. The molecule has 0 aliphatic heterocycles. The first-order valence-electron chi connectivity index (χ1n) is 6.85. The summed E-state index contributed by atoms with van der Waals surface area (Å²) in [5.41, 5.74) is 2.51. The lowest BCUT2D eigenvalue weighted by atomic mass is 9.87. The first kappa shape index (κ1) is 12.1. The fourth-order valence-electron chi connectivity index (χ4n) is 2.89. The largest absolute Gasteiger partial charge is 0.396 e. The minimum atomic E-state index is -0.147.